The maximum atomic E-state index is 14.9. The highest BCUT2D eigenvalue weighted by atomic mass is 35.5. The number of sulfonamides is 2. The van der Waals surface area contributed by atoms with Crippen molar-refractivity contribution >= 4 is 37.6 Å². The molecule has 0 atom stereocenters. The normalized spacial score (nSPS) is 18.2. The number of nitrogens with zero attached hydrogens (tertiary/aromatic N) is 1. The van der Waals surface area contributed by atoms with Crippen LogP contribution in [0.25, 0.3) is 0 Å². The molecule has 1 aromatic carbocycles. The van der Waals surface area contributed by atoms with Crippen molar-refractivity contribution in [3.8, 4) is 0 Å². The molecule has 0 radical (unpaired) electrons. The number of hydrogen-bond acceptors (Lipinski definition) is 6. The molecule has 15 heteroatoms. The van der Waals surface area contributed by atoms with Gasteiger partial charge >= 0.3 is 21.5 Å². The van der Waals surface area contributed by atoms with E-state index in [2.05, 4.69) is 0 Å². The molecule has 1 N–H and O–H groups in total. The highest BCUT2D eigenvalue weighted by molar-refractivity contribution is 7.90. The Bertz CT molecular complexity index is 1110. The van der Waals surface area contributed by atoms with Crippen LogP contribution in [0.1, 0.15) is 44.0 Å². The molecule has 8 nitrogen and oxygen atoms in total. The van der Waals surface area contributed by atoms with E-state index in [0.717, 1.165) is 16.4 Å². The highest BCUT2D eigenvalue weighted by Crippen LogP contribution is 2.32. The molecule has 0 saturated carbocycles. The van der Waals surface area contributed by atoms with Crippen molar-refractivity contribution < 1.29 is 43.9 Å². The number of ether oxygens (including phenoxy) is 1. The van der Waals surface area contributed by atoms with Crippen LogP contribution in [0, 0.1) is 0 Å². The average Bonchev–Trinajstić information content (AvgIpc) is 2.64. The van der Waals surface area contributed by atoms with Gasteiger partial charge in [-0.1, -0.05) is 11.6 Å². The summed E-state index contributed by atoms with van der Waals surface area (Å²) in [5.41, 5.74) is -9.24. The largest absolute Gasteiger partial charge is 0.511 e. The molecule has 2 rings (SSSR count). The van der Waals surface area contributed by atoms with Crippen LogP contribution >= 0.6 is 11.6 Å². The van der Waals surface area contributed by atoms with Gasteiger partial charge in [0.2, 0.25) is 10.0 Å². The van der Waals surface area contributed by atoms with E-state index in [4.69, 9.17) is 16.3 Å². The summed E-state index contributed by atoms with van der Waals surface area (Å²) in [5, 5.41) is 0.0770. The van der Waals surface area contributed by atoms with Gasteiger partial charge in [-0.2, -0.15) is 17.5 Å². The van der Waals surface area contributed by atoms with Crippen molar-refractivity contribution in [2.24, 2.45) is 0 Å². The van der Waals surface area contributed by atoms with Crippen molar-refractivity contribution in [2.45, 2.75) is 55.3 Å². The average molecular weight is 539 g/mol. The van der Waals surface area contributed by atoms with E-state index in [0.29, 0.717) is 0 Å². The van der Waals surface area contributed by atoms with Gasteiger partial charge in [0.25, 0.3) is 0 Å². The number of benzene rings is 1. The molecule has 0 spiro atoms. The van der Waals surface area contributed by atoms with Gasteiger partial charge in [0, 0.05) is 24.7 Å². The molecule has 1 aliphatic heterocycles. The standard InChI is InChI=1S/C18H23ClF4N2O6S2/c1-16(2,3)31-15(26)13-10-12(19)4-5-14(13)32(27,28)25-8-6-17(20,7-9-25)11-24-33(29,30)18(21,22)23/h4-5,10,24H,6-9,11H2,1-3H3. The predicted octanol–water partition coefficient (Wildman–Crippen LogP) is 3.23. The fraction of sp³-hybridized carbons (Fsp3) is 0.611. The monoisotopic (exact) mass is 538 g/mol. The van der Waals surface area contributed by atoms with Crippen LogP contribution in [0.4, 0.5) is 17.6 Å². The number of carbonyl (C=O) groups excluding carboxylic acids is 1. The first kappa shape index (κ1) is 27.8. The maximum absolute atomic E-state index is 14.9. The van der Waals surface area contributed by atoms with E-state index < -0.39 is 80.2 Å². The molecule has 0 aromatic heterocycles. The number of esters is 1. The van der Waals surface area contributed by atoms with Crippen LogP contribution in [-0.2, 0) is 24.8 Å². The Morgan fingerprint density at radius 1 is 1.15 bits per heavy atom. The Morgan fingerprint density at radius 2 is 1.70 bits per heavy atom. The molecule has 1 heterocycles. The molecule has 188 valence electrons. The minimum Gasteiger partial charge on any atom is -0.456 e. The molecule has 0 unspecified atom stereocenters. The lowest BCUT2D eigenvalue weighted by Gasteiger charge is -2.36. The number of hydrogen-bond donors (Lipinski definition) is 1. The third kappa shape index (κ3) is 6.78. The zero-order valence-electron chi connectivity index (χ0n) is 17.9. The quantitative estimate of drug-likeness (QED) is 0.440. The second-order valence-electron chi connectivity index (χ2n) is 8.47. The topological polar surface area (TPSA) is 110 Å². The maximum Gasteiger partial charge on any atom is 0.511 e. The number of piperidine rings is 1. The van der Waals surface area contributed by atoms with Crippen molar-refractivity contribution in [3.05, 3.63) is 28.8 Å². The zero-order chi connectivity index (χ0) is 25.5. The van der Waals surface area contributed by atoms with Crippen molar-refractivity contribution in [3.63, 3.8) is 0 Å². The first-order valence-electron chi connectivity index (χ1n) is 9.55. The minimum atomic E-state index is -5.74. The van der Waals surface area contributed by atoms with Gasteiger partial charge in [-0.15, -0.1) is 0 Å². The summed E-state index contributed by atoms with van der Waals surface area (Å²) in [6.07, 6.45) is -1.13. The van der Waals surface area contributed by atoms with Crippen LogP contribution in [0.15, 0.2) is 23.1 Å². The van der Waals surface area contributed by atoms with Crippen molar-refractivity contribution in [1.29, 1.82) is 0 Å². The third-order valence-corrected chi connectivity index (χ3v) is 8.01. The summed E-state index contributed by atoms with van der Waals surface area (Å²) in [5.74, 6) is -0.943. The number of halogens is 5. The fourth-order valence-corrected chi connectivity index (χ4v) is 5.36. The highest BCUT2D eigenvalue weighted by Gasteiger charge is 2.48. The fourth-order valence-electron chi connectivity index (χ4n) is 2.97. The lowest BCUT2D eigenvalue weighted by molar-refractivity contribution is -0.0452. The second-order valence-corrected chi connectivity index (χ2v) is 12.6. The van der Waals surface area contributed by atoms with Crippen molar-refractivity contribution in [1.82, 2.24) is 9.03 Å². The van der Waals surface area contributed by atoms with Gasteiger partial charge < -0.3 is 4.74 Å². The summed E-state index contributed by atoms with van der Waals surface area (Å²) in [6.45, 7) is 2.69. The van der Waals surface area contributed by atoms with Crippen LogP contribution in [0.3, 0.4) is 0 Å². The molecular formula is C18H23ClF4N2O6S2. The molecule has 0 amide bonds. The first-order chi connectivity index (χ1) is 14.8. The number of carbonyl (C=O) groups is 1. The van der Waals surface area contributed by atoms with Gasteiger partial charge in [0.1, 0.15) is 11.3 Å². The van der Waals surface area contributed by atoms with E-state index in [1.54, 1.807) is 20.8 Å². The Labute approximate surface area is 194 Å². The molecule has 1 aromatic rings. The van der Waals surface area contributed by atoms with Gasteiger partial charge in [-0.05, 0) is 51.8 Å². The van der Waals surface area contributed by atoms with Crippen LogP contribution in [0.5, 0.6) is 0 Å². The van der Waals surface area contributed by atoms with E-state index in [9.17, 15) is 39.2 Å². The van der Waals surface area contributed by atoms with Gasteiger partial charge in [-0.3, -0.25) is 0 Å². The van der Waals surface area contributed by atoms with Gasteiger partial charge in [0.15, 0.2) is 0 Å². The predicted molar refractivity (Wildman–Crippen MR) is 111 cm³/mol. The van der Waals surface area contributed by atoms with Gasteiger partial charge in [0.05, 0.1) is 10.5 Å². The van der Waals surface area contributed by atoms with E-state index in [-0.39, 0.29) is 10.6 Å². The molecular weight excluding hydrogens is 516 g/mol. The molecule has 0 aliphatic carbocycles. The van der Waals surface area contributed by atoms with Crippen LogP contribution in [-0.4, -0.2) is 63.5 Å². The molecule has 1 aliphatic rings. The number of nitrogens with one attached hydrogen (secondary N) is 1. The van der Waals surface area contributed by atoms with Crippen LogP contribution < -0.4 is 4.72 Å². The molecule has 0 bridgehead atoms. The van der Waals surface area contributed by atoms with Gasteiger partial charge in [-0.25, -0.2) is 30.7 Å². The lowest BCUT2D eigenvalue weighted by atomic mass is 9.95. The minimum absolute atomic E-state index is 0.0770. The molecule has 1 fully saturated rings. The number of alkyl halides is 4. The first-order valence-corrected chi connectivity index (χ1v) is 12.9. The van der Waals surface area contributed by atoms with E-state index in [1.807, 2.05) is 0 Å². The van der Waals surface area contributed by atoms with E-state index in [1.165, 1.54) is 10.8 Å². The summed E-state index contributed by atoms with van der Waals surface area (Å²) < 4.78 is 108. The third-order valence-electron chi connectivity index (χ3n) is 4.68. The Kier molecular flexibility index (Phi) is 7.81. The molecule has 1 saturated heterocycles. The Hall–Kier alpha value is -1.48. The van der Waals surface area contributed by atoms with Crippen molar-refractivity contribution in [2.75, 3.05) is 19.6 Å². The number of rotatable bonds is 6. The summed E-state index contributed by atoms with van der Waals surface area (Å²) in [7, 11) is -10.1. The molecule has 33 heavy (non-hydrogen) atoms. The van der Waals surface area contributed by atoms with E-state index >= 15 is 0 Å². The summed E-state index contributed by atoms with van der Waals surface area (Å²) in [6, 6.07) is 3.47. The summed E-state index contributed by atoms with van der Waals surface area (Å²) in [4.78, 5) is 12.1. The SMILES string of the molecule is CC(C)(C)OC(=O)c1cc(Cl)ccc1S(=O)(=O)N1CCC(F)(CNS(=O)(=O)C(F)(F)F)CC1. The zero-order valence-corrected chi connectivity index (χ0v) is 20.3. The Balaban J connectivity index is 2.21. The Morgan fingerprint density at radius 3 is 2.18 bits per heavy atom. The smallest absolute Gasteiger partial charge is 0.456 e. The summed E-state index contributed by atoms with van der Waals surface area (Å²) >= 11 is 5.91. The second kappa shape index (κ2) is 9.29. The lowest BCUT2D eigenvalue weighted by Crippen LogP contribution is -2.51. The van der Waals surface area contributed by atoms with Crippen LogP contribution in [0.2, 0.25) is 5.02 Å².